The van der Waals surface area contributed by atoms with Crippen LogP contribution in [0.4, 0.5) is 0 Å². The zero-order valence-corrected chi connectivity index (χ0v) is 39.1. The molecule has 0 N–H and O–H groups in total. The molecule has 5 aromatic heterocycles. The molecule has 72 heavy (non-hydrogen) atoms. The summed E-state index contributed by atoms with van der Waals surface area (Å²) in [6.45, 7) is 0. The van der Waals surface area contributed by atoms with Crippen molar-refractivity contribution in [3.63, 3.8) is 0 Å². The third-order valence-electron chi connectivity index (χ3n) is 14.2. The fourth-order valence-corrected chi connectivity index (χ4v) is 12.1. The molecular weight excluding hydrogens is 901 g/mol. The first-order valence-corrected chi connectivity index (χ1v) is 24.7. The number of furan rings is 1. The van der Waals surface area contributed by atoms with Crippen LogP contribution in [0, 0.1) is 11.3 Å². The molecule has 0 aliphatic carbocycles. The van der Waals surface area contributed by atoms with Gasteiger partial charge in [-0.2, -0.15) is 5.26 Å². The molecule has 5 heterocycles. The summed E-state index contributed by atoms with van der Waals surface area (Å²) in [7, 11) is 0. The van der Waals surface area contributed by atoms with Gasteiger partial charge in [0.15, 0.2) is 17.5 Å². The SMILES string of the molecule is N#Cc1cc(-c2nc(-c3ccccc3)nc(-c3ccccc3)n2)c2oc3ccccc3c2c1-n1c2ccc(-c3ccc4sc5ccccc5c4c3)cc2c2c3c4ccccc4n(-c4ccccc4)c3ccc21. The van der Waals surface area contributed by atoms with Crippen molar-refractivity contribution in [3.8, 4) is 62.7 Å². The highest BCUT2D eigenvalue weighted by Crippen LogP contribution is 2.48. The molecule has 0 unspecified atom stereocenters. The molecule has 0 saturated carbocycles. The Balaban J connectivity index is 1.06. The van der Waals surface area contributed by atoms with Crippen molar-refractivity contribution in [1.29, 1.82) is 5.26 Å². The highest BCUT2D eigenvalue weighted by molar-refractivity contribution is 7.25. The van der Waals surface area contributed by atoms with E-state index in [1.54, 1.807) is 0 Å². The van der Waals surface area contributed by atoms with Crippen LogP contribution in [0.1, 0.15) is 5.56 Å². The number of rotatable bonds is 6. The van der Waals surface area contributed by atoms with Gasteiger partial charge in [0.05, 0.1) is 44.3 Å². The van der Waals surface area contributed by atoms with Gasteiger partial charge in [-0.15, -0.1) is 11.3 Å². The number of benzene rings is 10. The number of fused-ring (bicyclic) bond motifs is 13. The van der Waals surface area contributed by atoms with Gasteiger partial charge in [-0.1, -0.05) is 146 Å². The van der Waals surface area contributed by atoms with Gasteiger partial charge in [0, 0.05) is 63.9 Å². The summed E-state index contributed by atoms with van der Waals surface area (Å²) in [5.74, 6) is 1.46. The summed E-state index contributed by atoms with van der Waals surface area (Å²) in [5, 5.41) is 20.3. The van der Waals surface area contributed by atoms with Crippen molar-refractivity contribution < 1.29 is 4.42 Å². The van der Waals surface area contributed by atoms with E-state index in [0.29, 0.717) is 39.8 Å². The molecule has 0 atom stereocenters. The molecule has 0 bridgehead atoms. The van der Waals surface area contributed by atoms with Crippen LogP contribution in [0.2, 0.25) is 0 Å². The summed E-state index contributed by atoms with van der Waals surface area (Å²) in [5.41, 5.74) is 12.2. The second kappa shape index (κ2) is 15.7. The fourth-order valence-electron chi connectivity index (χ4n) is 11.0. The Labute approximate surface area is 415 Å². The lowest BCUT2D eigenvalue weighted by Crippen LogP contribution is -2.03. The van der Waals surface area contributed by atoms with Crippen LogP contribution in [0.5, 0.6) is 0 Å². The van der Waals surface area contributed by atoms with Crippen molar-refractivity contribution in [2.75, 3.05) is 0 Å². The first-order valence-electron chi connectivity index (χ1n) is 23.9. The molecular formula is C64H36N6OS. The molecule has 0 radical (unpaired) electrons. The van der Waals surface area contributed by atoms with E-state index in [4.69, 9.17) is 19.4 Å². The average molecular weight is 937 g/mol. The van der Waals surface area contributed by atoms with Crippen LogP contribution in [0.15, 0.2) is 223 Å². The number of aromatic nitrogens is 5. The number of nitriles is 1. The minimum Gasteiger partial charge on any atom is -0.455 e. The van der Waals surface area contributed by atoms with Crippen LogP contribution in [-0.2, 0) is 0 Å². The van der Waals surface area contributed by atoms with Crippen molar-refractivity contribution >= 4 is 97.1 Å². The maximum Gasteiger partial charge on any atom is 0.167 e. The van der Waals surface area contributed by atoms with Gasteiger partial charge in [-0.3, -0.25) is 0 Å². The predicted molar refractivity (Wildman–Crippen MR) is 295 cm³/mol. The van der Waals surface area contributed by atoms with Gasteiger partial charge in [0.25, 0.3) is 0 Å². The van der Waals surface area contributed by atoms with E-state index in [-0.39, 0.29) is 0 Å². The molecule has 0 fully saturated rings. The Kier molecular flexibility index (Phi) is 8.76. The number of hydrogen-bond acceptors (Lipinski definition) is 6. The van der Waals surface area contributed by atoms with Crippen molar-refractivity contribution in [1.82, 2.24) is 24.1 Å². The Bertz CT molecular complexity index is 4690. The molecule has 0 amide bonds. The maximum absolute atomic E-state index is 11.6. The number of nitrogens with zero attached hydrogens (tertiary/aromatic N) is 6. The number of para-hydroxylation sites is 3. The minimum atomic E-state index is 0.410. The first-order chi connectivity index (χ1) is 35.7. The van der Waals surface area contributed by atoms with Crippen molar-refractivity contribution in [2.45, 2.75) is 0 Å². The van der Waals surface area contributed by atoms with Crippen LogP contribution in [-0.4, -0.2) is 24.1 Å². The highest BCUT2D eigenvalue weighted by Gasteiger charge is 2.28. The molecule has 10 aromatic carbocycles. The number of thiophene rings is 1. The fraction of sp³-hybridized carbons (Fsp3) is 0. The Hall–Kier alpha value is -9.68. The summed E-state index contributed by atoms with van der Waals surface area (Å²) >= 11 is 1.83. The highest BCUT2D eigenvalue weighted by atomic mass is 32.1. The molecule has 0 aliphatic rings. The van der Waals surface area contributed by atoms with Gasteiger partial charge in [0.2, 0.25) is 0 Å². The van der Waals surface area contributed by atoms with Crippen LogP contribution < -0.4 is 0 Å². The molecule has 0 spiro atoms. The van der Waals surface area contributed by atoms with Gasteiger partial charge >= 0.3 is 0 Å². The van der Waals surface area contributed by atoms with Crippen LogP contribution >= 0.6 is 11.3 Å². The minimum absolute atomic E-state index is 0.410. The van der Waals surface area contributed by atoms with Gasteiger partial charge in [-0.05, 0) is 83.9 Å². The van der Waals surface area contributed by atoms with Gasteiger partial charge in [-0.25, -0.2) is 15.0 Å². The van der Waals surface area contributed by atoms with E-state index in [9.17, 15) is 5.26 Å². The Morgan fingerprint density at radius 1 is 0.403 bits per heavy atom. The lowest BCUT2D eigenvalue weighted by Gasteiger charge is -2.15. The normalized spacial score (nSPS) is 11.9. The smallest absolute Gasteiger partial charge is 0.167 e. The second-order valence-corrected chi connectivity index (χ2v) is 19.3. The third-order valence-corrected chi connectivity index (χ3v) is 15.3. The quantitative estimate of drug-likeness (QED) is 0.166. The predicted octanol–water partition coefficient (Wildman–Crippen LogP) is 16.9. The lowest BCUT2D eigenvalue weighted by molar-refractivity contribution is 0.669. The Morgan fingerprint density at radius 2 is 0.944 bits per heavy atom. The zero-order valence-electron chi connectivity index (χ0n) is 38.3. The summed E-state index contributed by atoms with van der Waals surface area (Å²) in [6.07, 6.45) is 0. The van der Waals surface area contributed by atoms with E-state index in [1.807, 2.05) is 96.3 Å². The molecule has 15 rings (SSSR count). The van der Waals surface area contributed by atoms with E-state index < -0.39 is 0 Å². The molecule has 8 heteroatoms. The summed E-state index contributed by atoms with van der Waals surface area (Å²) in [6, 6.07) is 78.6. The van der Waals surface area contributed by atoms with E-state index in [1.165, 1.54) is 20.2 Å². The van der Waals surface area contributed by atoms with E-state index in [2.05, 4.69) is 149 Å². The standard InChI is InChI=1S/C64H36N6OS/c65-37-42-36-49(64-67-62(38-16-4-1-5-17-38)66-63(68-64)39-18-6-2-7-19-39)61-59(46-24-11-14-26-54(46)71-61)60(42)70-51-30-28-40(41-29-33-56-47(34-41)44-22-12-15-27-55(44)72-56)35-48(51)58-53(70)32-31-52-57(58)45-23-10-13-25-50(45)69(52)43-20-8-3-9-21-43/h1-36H. The van der Waals surface area contributed by atoms with E-state index >= 15 is 0 Å². The van der Waals surface area contributed by atoms with Crippen molar-refractivity contribution in [2.24, 2.45) is 0 Å². The lowest BCUT2D eigenvalue weighted by atomic mass is 9.99. The second-order valence-electron chi connectivity index (χ2n) is 18.2. The largest absolute Gasteiger partial charge is 0.455 e. The third kappa shape index (κ3) is 5.99. The van der Waals surface area contributed by atoms with Crippen LogP contribution in [0.25, 0.3) is 142 Å². The van der Waals surface area contributed by atoms with Gasteiger partial charge < -0.3 is 13.6 Å². The Morgan fingerprint density at radius 3 is 1.68 bits per heavy atom. The topological polar surface area (TPSA) is 85.5 Å². The first kappa shape index (κ1) is 40.2. The van der Waals surface area contributed by atoms with Gasteiger partial charge in [0.1, 0.15) is 17.2 Å². The monoisotopic (exact) mass is 936 g/mol. The zero-order chi connectivity index (χ0) is 47.4. The van der Waals surface area contributed by atoms with Crippen molar-refractivity contribution in [3.05, 3.63) is 224 Å². The maximum atomic E-state index is 11.6. The number of hydrogen-bond donors (Lipinski definition) is 0. The molecule has 334 valence electrons. The molecule has 7 nitrogen and oxygen atoms in total. The summed E-state index contributed by atoms with van der Waals surface area (Å²) in [4.78, 5) is 15.3. The molecule has 0 aliphatic heterocycles. The van der Waals surface area contributed by atoms with E-state index in [0.717, 1.165) is 88.0 Å². The molecule has 15 aromatic rings. The summed E-state index contributed by atoms with van der Waals surface area (Å²) < 4.78 is 14.2. The average Bonchev–Trinajstić information content (AvgIpc) is 4.21. The molecule has 0 saturated heterocycles. The van der Waals surface area contributed by atoms with Crippen LogP contribution in [0.3, 0.4) is 0 Å².